The van der Waals surface area contributed by atoms with E-state index in [9.17, 15) is 4.79 Å². The van der Waals surface area contributed by atoms with Crippen LogP contribution in [0.25, 0.3) is 0 Å². The highest BCUT2D eigenvalue weighted by Gasteiger charge is 2.35. The Hall–Kier alpha value is -2.84. The van der Waals surface area contributed by atoms with Gasteiger partial charge in [0.25, 0.3) is 0 Å². The summed E-state index contributed by atoms with van der Waals surface area (Å²) in [5, 5.41) is 8.58. The Labute approximate surface area is 193 Å². The van der Waals surface area contributed by atoms with Gasteiger partial charge >= 0.3 is 5.97 Å². The Morgan fingerprint density at radius 2 is 2.00 bits per heavy atom. The van der Waals surface area contributed by atoms with Gasteiger partial charge in [0.15, 0.2) is 0 Å². The van der Waals surface area contributed by atoms with E-state index in [1.54, 1.807) is 22.5 Å². The molecule has 1 N–H and O–H groups in total. The van der Waals surface area contributed by atoms with Gasteiger partial charge in [-0.2, -0.15) is 4.98 Å². The number of allylic oxidation sites excluding steroid dienone is 1. The number of anilines is 1. The average molecular weight is 497 g/mol. The molecule has 2 heterocycles. The normalized spacial score (nSPS) is 15.2. The molecule has 4 rings (SSSR count). The fraction of sp³-hybridized carbons (Fsp3) is 0.174. The first-order valence-electron chi connectivity index (χ1n) is 9.71. The summed E-state index contributed by atoms with van der Waals surface area (Å²) >= 11 is 5.03. The van der Waals surface area contributed by atoms with E-state index in [1.807, 2.05) is 49.4 Å². The Morgan fingerprint density at radius 1 is 1.26 bits per heavy atom. The largest absolute Gasteiger partial charge is 0.458 e. The highest BCUT2D eigenvalue weighted by Crippen LogP contribution is 2.37. The highest BCUT2D eigenvalue weighted by atomic mass is 79.9. The van der Waals surface area contributed by atoms with Crippen LogP contribution in [0, 0.1) is 0 Å². The van der Waals surface area contributed by atoms with E-state index >= 15 is 0 Å². The van der Waals surface area contributed by atoms with Gasteiger partial charge in [-0.3, -0.25) is 0 Å². The summed E-state index contributed by atoms with van der Waals surface area (Å²) in [6, 6.07) is 17.6. The van der Waals surface area contributed by atoms with Gasteiger partial charge < -0.3 is 10.1 Å². The van der Waals surface area contributed by atoms with Crippen molar-refractivity contribution in [3.8, 4) is 0 Å². The number of thioether (sulfide) groups is 1. The summed E-state index contributed by atoms with van der Waals surface area (Å²) in [6.07, 6.45) is 1.55. The van der Waals surface area contributed by atoms with Gasteiger partial charge in [0.05, 0.1) is 5.57 Å². The number of hydrogen-bond donors (Lipinski definition) is 1. The number of rotatable bonds is 7. The number of nitrogens with one attached hydrogen (secondary N) is 1. The van der Waals surface area contributed by atoms with E-state index in [2.05, 4.69) is 44.9 Å². The van der Waals surface area contributed by atoms with Crippen molar-refractivity contribution in [1.82, 2.24) is 14.8 Å². The number of aromatic nitrogens is 3. The monoisotopic (exact) mass is 496 g/mol. The third-order valence-corrected chi connectivity index (χ3v) is 6.22. The molecule has 158 valence electrons. The van der Waals surface area contributed by atoms with E-state index in [-0.39, 0.29) is 6.61 Å². The summed E-state index contributed by atoms with van der Waals surface area (Å²) in [4.78, 5) is 17.6. The molecule has 2 aromatic carbocycles. The molecular formula is C23H21BrN4O2S. The first-order chi connectivity index (χ1) is 15.1. The zero-order chi connectivity index (χ0) is 21.8. The molecule has 0 spiro atoms. The number of carbonyl (C=O) groups is 1. The fourth-order valence-electron chi connectivity index (χ4n) is 3.34. The molecular weight excluding hydrogens is 476 g/mol. The number of carbonyl (C=O) groups excluding carboxylic acids is 1. The number of benzene rings is 2. The Bertz CT molecular complexity index is 1130. The molecule has 6 nitrogen and oxygen atoms in total. The maximum absolute atomic E-state index is 12.9. The van der Waals surface area contributed by atoms with E-state index in [0.29, 0.717) is 22.4 Å². The minimum Gasteiger partial charge on any atom is -0.458 e. The fourth-order valence-corrected chi connectivity index (χ4v) is 4.39. The van der Waals surface area contributed by atoms with Crippen molar-refractivity contribution in [3.05, 3.63) is 94.1 Å². The Morgan fingerprint density at radius 3 is 2.71 bits per heavy atom. The van der Waals surface area contributed by atoms with Crippen molar-refractivity contribution in [1.29, 1.82) is 0 Å². The molecule has 3 aromatic rings. The van der Waals surface area contributed by atoms with E-state index in [1.165, 1.54) is 5.56 Å². The van der Waals surface area contributed by atoms with Crippen molar-refractivity contribution in [2.75, 3.05) is 11.9 Å². The van der Waals surface area contributed by atoms with Crippen LogP contribution < -0.4 is 5.32 Å². The van der Waals surface area contributed by atoms with Gasteiger partial charge in [0.2, 0.25) is 11.1 Å². The number of nitrogens with zero attached hydrogens (tertiary/aromatic N) is 3. The second-order valence-corrected chi connectivity index (χ2v) is 8.80. The highest BCUT2D eigenvalue weighted by molar-refractivity contribution is 9.10. The molecule has 0 saturated heterocycles. The topological polar surface area (TPSA) is 69.0 Å². The first kappa shape index (κ1) is 21.4. The molecule has 0 bridgehead atoms. The predicted octanol–water partition coefficient (Wildman–Crippen LogP) is 5.35. The third-order valence-electron chi connectivity index (χ3n) is 4.78. The Kier molecular flexibility index (Phi) is 6.58. The minimum atomic E-state index is -0.444. The summed E-state index contributed by atoms with van der Waals surface area (Å²) in [7, 11) is 0. The standard InChI is InChI=1S/C23H21BrN4O2S/c1-3-13-30-21(29)19-15(2)25-22-26-23(31-14-16-7-5-4-6-8-16)27-28(22)20(19)17-9-11-18(24)12-10-17/h3-12,20H,1,13-14H2,2H3,(H,25,26,27). The van der Waals surface area contributed by atoms with E-state index in [0.717, 1.165) is 15.8 Å². The van der Waals surface area contributed by atoms with Crippen LogP contribution in [0.4, 0.5) is 5.95 Å². The van der Waals surface area contributed by atoms with Crippen LogP contribution in [0.1, 0.15) is 24.1 Å². The molecule has 0 aliphatic carbocycles. The number of halogens is 1. The van der Waals surface area contributed by atoms with Crippen LogP contribution in [0.2, 0.25) is 0 Å². The average Bonchev–Trinajstić information content (AvgIpc) is 3.19. The number of esters is 1. The maximum Gasteiger partial charge on any atom is 0.338 e. The summed E-state index contributed by atoms with van der Waals surface area (Å²) in [6.45, 7) is 5.62. The van der Waals surface area contributed by atoms with Crippen molar-refractivity contribution in [3.63, 3.8) is 0 Å². The molecule has 1 aliphatic heterocycles. The minimum absolute atomic E-state index is 0.144. The van der Waals surface area contributed by atoms with Gasteiger partial charge in [-0.1, -0.05) is 82.8 Å². The van der Waals surface area contributed by atoms with Crippen LogP contribution in [0.5, 0.6) is 0 Å². The van der Waals surface area contributed by atoms with Gasteiger partial charge in [0.1, 0.15) is 12.6 Å². The molecule has 0 saturated carbocycles. The van der Waals surface area contributed by atoms with Gasteiger partial charge in [-0.25, -0.2) is 9.48 Å². The summed E-state index contributed by atoms with van der Waals surface area (Å²) in [5.74, 6) is 0.951. The van der Waals surface area contributed by atoms with Crippen molar-refractivity contribution >= 4 is 39.6 Å². The molecule has 1 atom stereocenters. The van der Waals surface area contributed by atoms with E-state index in [4.69, 9.17) is 9.84 Å². The molecule has 8 heteroatoms. The van der Waals surface area contributed by atoms with Crippen molar-refractivity contribution < 1.29 is 9.53 Å². The van der Waals surface area contributed by atoms with Crippen LogP contribution in [0.15, 0.2) is 88.2 Å². The first-order valence-corrected chi connectivity index (χ1v) is 11.5. The smallest absolute Gasteiger partial charge is 0.338 e. The zero-order valence-corrected chi connectivity index (χ0v) is 19.3. The van der Waals surface area contributed by atoms with Gasteiger partial charge in [-0.15, -0.1) is 5.10 Å². The number of ether oxygens (including phenoxy) is 1. The summed E-state index contributed by atoms with van der Waals surface area (Å²) in [5.41, 5.74) is 3.31. The summed E-state index contributed by atoms with van der Waals surface area (Å²) < 4.78 is 8.09. The quantitative estimate of drug-likeness (QED) is 0.270. The zero-order valence-electron chi connectivity index (χ0n) is 16.9. The van der Waals surface area contributed by atoms with E-state index < -0.39 is 12.0 Å². The van der Waals surface area contributed by atoms with Crippen LogP contribution in [0.3, 0.4) is 0 Å². The lowest BCUT2D eigenvalue weighted by Crippen LogP contribution is -2.29. The molecule has 0 amide bonds. The Balaban J connectivity index is 1.69. The van der Waals surface area contributed by atoms with Crippen molar-refractivity contribution in [2.45, 2.75) is 23.9 Å². The molecule has 0 fully saturated rings. The molecule has 0 radical (unpaired) electrons. The molecule has 1 aromatic heterocycles. The van der Waals surface area contributed by atoms with Gasteiger partial charge in [-0.05, 0) is 30.2 Å². The lowest BCUT2D eigenvalue weighted by Gasteiger charge is -2.28. The van der Waals surface area contributed by atoms with Crippen LogP contribution in [-0.4, -0.2) is 27.3 Å². The predicted molar refractivity (Wildman–Crippen MR) is 126 cm³/mol. The second-order valence-electron chi connectivity index (χ2n) is 6.94. The van der Waals surface area contributed by atoms with Crippen LogP contribution >= 0.6 is 27.7 Å². The van der Waals surface area contributed by atoms with Crippen LogP contribution in [-0.2, 0) is 15.3 Å². The third kappa shape index (κ3) is 4.75. The maximum atomic E-state index is 12.9. The molecule has 1 aliphatic rings. The van der Waals surface area contributed by atoms with Gasteiger partial charge in [0, 0.05) is 15.9 Å². The SMILES string of the molecule is C=CCOC(=O)C1=C(C)Nc2nc(SCc3ccccc3)nn2C1c1ccc(Br)cc1. The number of hydrogen-bond acceptors (Lipinski definition) is 6. The lowest BCUT2D eigenvalue weighted by molar-refractivity contribution is -0.138. The number of fused-ring (bicyclic) bond motifs is 1. The second kappa shape index (κ2) is 9.53. The lowest BCUT2D eigenvalue weighted by atomic mass is 9.96. The molecule has 31 heavy (non-hydrogen) atoms. The molecule has 1 unspecified atom stereocenters. The van der Waals surface area contributed by atoms with Crippen molar-refractivity contribution in [2.24, 2.45) is 0 Å².